The van der Waals surface area contributed by atoms with E-state index in [4.69, 9.17) is 0 Å². The Morgan fingerprint density at radius 1 is 1.09 bits per heavy atom. The maximum atomic E-state index is 12.8. The first-order chi connectivity index (χ1) is 10.3. The van der Waals surface area contributed by atoms with Crippen molar-refractivity contribution in [1.82, 2.24) is 9.21 Å². The molecule has 1 fully saturated rings. The van der Waals surface area contributed by atoms with Crippen LogP contribution in [0.25, 0.3) is 0 Å². The van der Waals surface area contributed by atoms with Crippen molar-refractivity contribution in [3.05, 3.63) is 29.8 Å². The molecule has 1 amide bonds. The van der Waals surface area contributed by atoms with Gasteiger partial charge in [-0.3, -0.25) is 4.79 Å². The number of carbonyl (C=O) groups is 1. The Morgan fingerprint density at radius 3 is 2.32 bits per heavy atom. The molecule has 1 saturated carbocycles. The second-order valence-corrected chi connectivity index (χ2v) is 8.04. The Hall–Kier alpha value is -1.40. The molecule has 0 N–H and O–H groups in total. The number of hydrogen-bond acceptors (Lipinski definition) is 3. The molecular weight excluding hydrogens is 300 g/mol. The Kier molecular flexibility index (Phi) is 5.24. The summed E-state index contributed by atoms with van der Waals surface area (Å²) in [6.45, 7) is 0. The highest BCUT2D eigenvalue weighted by atomic mass is 32.2. The minimum atomic E-state index is -3.56. The van der Waals surface area contributed by atoms with E-state index in [0.717, 1.165) is 25.7 Å². The van der Waals surface area contributed by atoms with Crippen LogP contribution in [-0.4, -0.2) is 50.7 Å². The first kappa shape index (κ1) is 17.0. The van der Waals surface area contributed by atoms with E-state index in [9.17, 15) is 13.2 Å². The van der Waals surface area contributed by atoms with Gasteiger partial charge in [0.25, 0.3) is 5.91 Å². The number of sulfonamides is 1. The number of hydrogen-bond donors (Lipinski definition) is 0. The van der Waals surface area contributed by atoms with Crippen molar-refractivity contribution in [3.8, 4) is 0 Å². The molecule has 5 nitrogen and oxygen atoms in total. The molecule has 0 saturated heterocycles. The number of benzene rings is 1. The van der Waals surface area contributed by atoms with Crippen molar-refractivity contribution in [2.75, 3.05) is 21.1 Å². The smallest absolute Gasteiger partial charge is 0.253 e. The molecule has 1 aromatic rings. The van der Waals surface area contributed by atoms with E-state index in [-0.39, 0.29) is 16.8 Å². The Labute approximate surface area is 133 Å². The van der Waals surface area contributed by atoms with Gasteiger partial charge in [0.15, 0.2) is 0 Å². The van der Waals surface area contributed by atoms with Gasteiger partial charge in [0.05, 0.1) is 4.90 Å². The van der Waals surface area contributed by atoms with Crippen molar-refractivity contribution in [3.63, 3.8) is 0 Å². The fourth-order valence-electron chi connectivity index (χ4n) is 2.85. The summed E-state index contributed by atoms with van der Waals surface area (Å²) in [4.78, 5) is 13.6. The molecule has 2 rings (SSSR count). The molecule has 22 heavy (non-hydrogen) atoms. The monoisotopic (exact) mass is 324 g/mol. The largest absolute Gasteiger partial charge is 0.345 e. The lowest BCUT2D eigenvalue weighted by molar-refractivity contribution is 0.0827. The topological polar surface area (TPSA) is 57.7 Å². The zero-order chi connectivity index (χ0) is 16.3. The van der Waals surface area contributed by atoms with Crippen LogP contribution in [0.3, 0.4) is 0 Å². The molecule has 0 heterocycles. The van der Waals surface area contributed by atoms with Gasteiger partial charge in [-0.05, 0) is 31.0 Å². The molecule has 0 bridgehead atoms. The van der Waals surface area contributed by atoms with E-state index in [0.29, 0.717) is 5.56 Å². The Morgan fingerprint density at radius 2 is 1.73 bits per heavy atom. The third-order valence-corrected chi connectivity index (χ3v) is 6.16. The molecule has 0 atom stereocenters. The van der Waals surface area contributed by atoms with Gasteiger partial charge in [-0.25, -0.2) is 8.42 Å². The van der Waals surface area contributed by atoms with Gasteiger partial charge in [0.1, 0.15) is 0 Å². The van der Waals surface area contributed by atoms with Crippen molar-refractivity contribution >= 4 is 15.9 Å². The first-order valence-electron chi connectivity index (χ1n) is 7.64. The molecule has 1 aliphatic carbocycles. The van der Waals surface area contributed by atoms with Crippen LogP contribution in [0.1, 0.15) is 42.5 Å². The summed E-state index contributed by atoms with van der Waals surface area (Å²) in [7, 11) is 1.39. The van der Waals surface area contributed by atoms with E-state index in [1.165, 1.54) is 21.7 Å². The fraction of sp³-hybridized carbons (Fsp3) is 0.562. The van der Waals surface area contributed by atoms with Crippen molar-refractivity contribution in [2.24, 2.45) is 0 Å². The Balaban J connectivity index is 2.29. The van der Waals surface area contributed by atoms with Gasteiger partial charge in [0, 0.05) is 32.7 Å². The minimum absolute atomic E-state index is 0.0620. The van der Waals surface area contributed by atoms with Crippen LogP contribution in [0.4, 0.5) is 0 Å². The normalized spacial score (nSPS) is 16.7. The van der Waals surface area contributed by atoms with Gasteiger partial charge in [-0.1, -0.05) is 25.3 Å². The molecular formula is C16H24N2O3S. The quantitative estimate of drug-likeness (QED) is 0.854. The van der Waals surface area contributed by atoms with Crippen LogP contribution in [0.2, 0.25) is 0 Å². The Bertz CT molecular complexity index is 635. The first-order valence-corrected chi connectivity index (χ1v) is 9.08. The number of amides is 1. The lowest BCUT2D eigenvalue weighted by atomic mass is 9.96. The summed E-state index contributed by atoms with van der Waals surface area (Å²) in [6.07, 6.45) is 5.14. The average Bonchev–Trinajstić information content (AvgIpc) is 2.54. The lowest BCUT2D eigenvalue weighted by Crippen LogP contribution is -2.38. The summed E-state index contributed by atoms with van der Waals surface area (Å²) in [6, 6.07) is 6.35. The van der Waals surface area contributed by atoms with Crippen molar-refractivity contribution in [1.29, 1.82) is 0 Å². The van der Waals surface area contributed by atoms with Gasteiger partial charge >= 0.3 is 0 Å². The highest BCUT2D eigenvalue weighted by molar-refractivity contribution is 7.89. The maximum absolute atomic E-state index is 12.8. The zero-order valence-corrected chi connectivity index (χ0v) is 14.3. The summed E-state index contributed by atoms with van der Waals surface area (Å²) < 4.78 is 27.0. The molecule has 0 aliphatic heterocycles. The van der Waals surface area contributed by atoms with Crippen LogP contribution >= 0.6 is 0 Å². The summed E-state index contributed by atoms with van der Waals surface area (Å²) in [5.74, 6) is -0.197. The minimum Gasteiger partial charge on any atom is -0.345 e. The van der Waals surface area contributed by atoms with Crippen LogP contribution in [0, 0.1) is 0 Å². The maximum Gasteiger partial charge on any atom is 0.253 e. The highest BCUT2D eigenvalue weighted by Gasteiger charge is 2.29. The molecule has 0 radical (unpaired) electrons. The molecule has 0 unspecified atom stereocenters. The molecule has 6 heteroatoms. The third-order valence-electron chi connectivity index (χ3n) is 4.25. The summed E-state index contributed by atoms with van der Waals surface area (Å²) >= 11 is 0. The van der Waals surface area contributed by atoms with E-state index in [1.807, 2.05) is 0 Å². The second kappa shape index (κ2) is 6.79. The number of carbonyl (C=O) groups excluding carboxylic acids is 1. The molecule has 122 valence electrons. The SMILES string of the molecule is CN(C)C(=O)c1cccc(S(=O)(=O)N(C)C2CCCCC2)c1. The molecule has 1 aliphatic rings. The van der Waals surface area contributed by atoms with E-state index in [1.54, 1.807) is 39.3 Å². The van der Waals surface area contributed by atoms with Crippen molar-refractivity contribution < 1.29 is 13.2 Å². The lowest BCUT2D eigenvalue weighted by Gasteiger charge is -2.30. The van der Waals surface area contributed by atoms with Crippen LogP contribution < -0.4 is 0 Å². The third kappa shape index (κ3) is 3.50. The van der Waals surface area contributed by atoms with Gasteiger partial charge in [-0.15, -0.1) is 0 Å². The van der Waals surface area contributed by atoms with Crippen LogP contribution in [0.15, 0.2) is 29.2 Å². The van der Waals surface area contributed by atoms with Crippen LogP contribution in [0.5, 0.6) is 0 Å². The highest BCUT2D eigenvalue weighted by Crippen LogP contribution is 2.26. The molecule has 0 spiro atoms. The van der Waals surface area contributed by atoms with Gasteiger partial charge < -0.3 is 4.90 Å². The number of nitrogens with zero attached hydrogens (tertiary/aromatic N) is 2. The van der Waals surface area contributed by atoms with Gasteiger partial charge in [0.2, 0.25) is 10.0 Å². The predicted octanol–water partition coefficient (Wildman–Crippen LogP) is 2.34. The number of rotatable bonds is 4. The fourth-order valence-corrected chi connectivity index (χ4v) is 4.32. The summed E-state index contributed by atoms with van der Waals surface area (Å²) in [5, 5.41) is 0. The van der Waals surface area contributed by atoms with Crippen molar-refractivity contribution in [2.45, 2.75) is 43.0 Å². The van der Waals surface area contributed by atoms with Crippen LogP contribution in [-0.2, 0) is 10.0 Å². The average molecular weight is 324 g/mol. The molecule has 1 aromatic carbocycles. The zero-order valence-electron chi connectivity index (χ0n) is 13.4. The van der Waals surface area contributed by atoms with Gasteiger partial charge in [-0.2, -0.15) is 4.31 Å². The standard InChI is InChI=1S/C16H24N2O3S/c1-17(2)16(19)13-8-7-11-15(12-13)22(20,21)18(3)14-9-5-4-6-10-14/h7-8,11-12,14H,4-6,9-10H2,1-3H3. The second-order valence-electron chi connectivity index (χ2n) is 6.04. The predicted molar refractivity (Wildman–Crippen MR) is 86.3 cm³/mol. The summed E-state index contributed by atoms with van der Waals surface area (Å²) in [5.41, 5.74) is 0.392. The van der Waals surface area contributed by atoms with E-state index < -0.39 is 10.0 Å². The molecule has 0 aromatic heterocycles. The van der Waals surface area contributed by atoms with E-state index in [2.05, 4.69) is 0 Å². The van der Waals surface area contributed by atoms with E-state index >= 15 is 0 Å².